The van der Waals surface area contributed by atoms with Crippen LogP contribution in [0.3, 0.4) is 0 Å². The van der Waals surface area contributed by atoms with Crippen molar-refractivity contribution in [3.63, 3.8) is 0 Å². The Bertz CT molecular complexity index is 1300. The van der Waals surface area contributed by atoms with Crippen LogP contribution in [-0.2, 0) is 16.8 Å². The normalized spacial score (nSPS) is 23.5. The van der Waals surface area contributed by atoms with Gasteiger partial charge in [0.2, 0.25) is 0 Å². The van der Waals surface area contributed by atoms with Crippen LogP contribution < -0.4 is 0 Å². The van der Waals surface area contributed by atoms with Gasteiger partial charge in [0.25, 0.3) is 0 Å². The van der Waals surface area contributed by atoms with Crippen LogP contribution in [0.25, 0.3) is 11.1 Å². The maximum absolute atomic E-state index is 13.8. The number of amides is 1. The van der Waals surface area contributed by atoms with Gasteiger partial charge in [-0.1, -0.05) is 80.6 Å². The summed E-state index contributed by atoms with van der Waals surface area (Å²) in [7, 11) is 0. The number of fused-ring (bicyclic) bond motifs is 5. The van der Waals surface area contributed by atoms with Gasteiger partial charge in [-0.2, -0.15) is 0 Å². The molecule has 4 heteroatoms. The molecule has 2 fully saturated rings. The molecule has 0 saturated carbocycles. The smallest absolute Gasteiger partial charge is 0.410 e. The summed E-state index contributed by atoms with van der Waals surface area (Å²) in [5.41, 5.74) is 6.73. The number of hydrogen-bond acceptors (Lipinski definition) is 3. The van der Waals surface area contributed by atoms with E-state index in [0.29, 0.717) is 0 Å². The molecule has 1 aliphatic carbocycles. The Kier molecular flexibility index (Phi) is 5.70. The summed E-state index contributed by atoms with van der Waals surface area (Å²) in [4.78, 5) is 28.8. The Morgan fingerprint density at radius 2 is 1.53 bits per heavy atom. The van der Waals surface area contributed by atoms with E-state index in [1.165, 1.54) is 22.3 Å². The lowest BCUT2D eigenvalue weighted by Gasteiger charge is -2.47. The van der Waals surface area contributed by atoms with Crippen molar-refractivity contribution >= 4 is 11.9 Å². The van der Waals surface area contributed by atoms with E-state index in [4.69, 9.17) is 4.74 Å². The van der Waals surface area contributed by atoms with E-state index in [-0.39, 0.29) is 41.9 Å². The molecule has 6 rings (SSSR count). The Hall–Kier alpha value is -3.40. The van der Waals surface area contributed by atoms with Crippen LogP contribution in [0.15, 0.2) is 72.8 Å². The number of ketones is 1. The monoisotopic (exact) mass is 479 g/mol. The quantitative estimate of drug-likeness (QED) is 0.374. The predicted octanol–water partition coefficient (Wildman–Crippen LogP) is 7.15. The molecule has 0 N–H and O–H groups in total. The molecule has 0 spiro atoms. The van der Waals surface area contributed by atoms with E-state index in [1.54, 1.807) is 0 Å². The molecular weight excluding hydrogens is 446 g/mol. The Morgan fingerprint density at radius 1 is 0.861 bits per heavy atom. The van der Waals surface area contributed by atoms with Crippen molar-refractivity contribution in [2.24, 2.45) is 5.92 Å². The van der Waals surface area contributed by atoms with E-state index in [1.807, 2.05) is 41.3 Å². The number of ether oxygens (including phenoxy) is 1. The molecule has 2 heterocycles. The minimum Gasteiger partial charge on any atom is -0.445 e. The van der Waals surface area contributed by atoms with Crippen molar-refractivity contribution in [1.29, 1.82) is 0 Å². The van der Waals surface area contributed by atoms with Crippen molar-refractivity contribution in [2.75, 3.05) is 0 Å². The maximum Gasteiger partial charge on any atom is 0.410 e. The standard InChI is InChI=1S/C32H33NO3/c1-32(2)28-14-7-6-13-26(28)27-16-15-22(19-29(27)32)30(34)23-17-24-11-8-12-25(18-23)33(24)31(35)36-20-21-9-4-3-5-10-21/h3-7,9-10,13-16,19,23-25H,8,11-12,17-18,20H2,1-2H3. The van der Waals surface area contributed by atoms with Crippen LogP contribution in [0.1, 0.15) is 73.0 Å². The molecule has 3 aromatic carbocycles. The summed E-state index contributed by atoms with van der Waals surface area (Å²) in [5, 5.41) is 0. The van der Waals surface area contributed by atoms with Crippen molar-refractivity contribution in [2.45, 2.75) is 70.1 Å². The van der Waals surface area contributed by atoms with Crippen LogP contribution >= 0.6 is 0 Å². The average molecular weight is 480 g/mol. The van der Waals surface area contributed by atoms with Crippen molar-refractivity contribution in [3.8, 4) is 11.1 Å². The third-order valence-electron chi connectivity index (χ3n) is 8.63. The first kappa shape index (κ1) is 23.0. The van der Waals surface area contributed by atoms with Crippen molar-refractivity contribution in [1.82, 2.24) is 4.90 Å². The fraction of sp³-hybridized carbons (Fsp3) is 0.375. The molecule has 2 aliphatic heterocycles. The number of carbonyl (C=O) groups excluding carboxylic acids is 2. The molecular formula is C32H33NO3. The molecule has 0 radical (unpaired) electrons. The summed E-state index contributed by atoms with van der Waals surface area (Å²) in [6, 6.07) is 24.8. The summed E-state index contributed by atoms with van der Waals surface area (Å²) in [5.74, 6) is 0.169. The largest absolute Gasteiger partial charge is 0.445 e. The number of benzene rings is 3. The van der Waals surface area contributed by atoms with E-state index in [9.17, 15) is 9.59 Å². The summed E-state index contributed by atoms with van der Waals surface area (Å²) in [6.07, 6.45) is 4.17. The lowest BCUT2D eigenvalue weighted by atomic mass is 9.75. The second kappa shape index (κ2) is 8.92. The molecule has 3 aromatic rings. The Morgan fingerprint density at radius 3 is 2.28 bits per heavy atom. The molecule has 4 nitrogen and oxygen atoms in total. The predicted molar refractivity (Wildman–Crippen MR) is 141 cm³/mol. The average Bonchev–Trinajstić information content (AvgIpc) is 3.13. The lowest BCUT2D eigenvalue weighted by Crippen LogP contribution is -2.55. The highest BCUT2D eigenvalue weighted by Gasteiger charge is 2.44. The molecule has 184 valence electrons. The molecule has 1 amide bonds. The van der Waals surface area contributed by atoms with Crippen LogP contribution in [0.4, 0.5) is 4.79 Å². The molecule has 3 aliphatic rings. The third-order valence-corrected chi connectivity index (χ3v) is 8.63. The molecule has 36 heavy (non-hydrogen) atoms. The first-order valence-electron chi connectivity index (χ1n) is 13.2. The van der Waals surface area contributed by atoms with E-state index >= 15 is 0 Å². The fourth-order valence-electron chi connectivity index (χ4n) is 6.78. The highest BCUT2D eigenvalue weighted by atomic mass is 16.6. The van der Waals surface area contributed by atoms with Gasteiger partial charge in [-0.3, -0.25) is 4.79 Å². The van der Waals surface area contributed by atoms with E-state index < -0.39 is 0 Å². The first-order chi connectivity index (χ1) is 17.4. The third kappa shape index (κ3) is 3.84. The molecule has 2 bridgehead atoms. The molecule has 2 atom stereocenters. The van der Waals surface area contributed by atoms with Crippen LogP contribution in [0, 0.1) is 5.92 Å². The van der Waals surface area contributed by atoms with Gasteiger partial charge in [0.1, 0.15) is 6.61 Å². The van der Waals surface area contributed by atoms with Gasteiger partial charge in [0, 0.05) is 29.0 Å². The lowest BCUT2D eigenvalue weighted by molar-refractivity contribution is 0.00472. The van der Waals surface area contributed by atoms with Crippen LogP contribution in [0.5, 0.6) is 0 Å². The van der Waals surface area contributed by atoms with Gasteiger partial charge in [0.05, 0.1) is 0 Å². The Labute approximate surface area is 213 Å². The van der Waals surface area contributed by atoms with Gasteiger partial charge in [-0.05, 0) is 66.0 Å². The molecule has 2 saturated heterocycles. The van der Waals surface area contributed by atoms with Crippen LogP contribution in [-0.4, -0.2) is 28.9 Å². The second-order valence-corrected chi connectivity index (χ2v) is 11.1. The summed E-state index contributed by atoms with van der Waals surface area (Å²) in [6.45, 7) is 4.77. The molecule has 0 aromatic heterocycles. The SMILES string of the molecule is CC1(C)c2ccccc2-c2ccc(C(=O)C3CC4CCCC(C3)N4C(=O)OCc3ccccc3)cc21. The zero-order chi connectivity index (χ0) is 24.9. The highest BCUT2D eigenvalue weighted by Crippen LogP contribution is 2.49. The molecule has 2 unspecified atom stereocenters. The van der Waals surface area contributed by atoms with Gasteiger partial charge in [-0.25, -0.2) is 4.79 Å². The number of rotatable bonds is 4. The minimum atomic E-state index is -0.239. The van der Waals surface area contributed by atoms with Crippen LogP contribution in [0.2, 0.25) is 0 Å². The highest BCUT2D eigenvalue weighted by molar-refractivity contribution is 5.99. The van der Waals surface area contributed by atoms with E-state index in [2.05, 4.69) is 50.2 Å². The summed E-state index contributed by atoms with van der Waals surface area (Å²) >= 11 is 0. The number of piperidine rings is 2. The first-order valence-corrected chi connectivity index (χ1v) is 13.2. The number of nitrogens with zero attached hydrogens (tertiary/aromatic N) is 1. The number of Topliss-reactive ketones (excluding diaryl/α,β-unsaturated/α-hetero) is 1. The Balaban J connectivity index is 1.19. The minimum absolute atomic E-state index is 0.0524. The van der Waals surface area contributed by atoms with E-state index in [0.717, 1.165) is 43.2 Å². The zero-order valence-electron chi connectivity index (χ0n) is 21.1. The topological polar surface area (TPSA) is 46.6 Å². The summed E-state index contributed by atoms with van der Waals surface area (Å²) < 4.78 is 5.69. The van der Waals surface area contributed by atoms with Gasteiger partial charge >= 0.3 is 6.09 Å². The van der Waals surface area contributed by atoms with Gasteiger partial charge in [0.15, 0.2) is 5.78 Å². The van der Waals surface area contributed by atoms with Crippen molar-refractivity contribution < 1.29 is 14.3 Å². The number of carbonyl (C=O) groups is 2. The number of hydrogen-bond donors (Lipinski definition) is 0. The fourth-order valence-corrected chi connectivity index (χ4v) is 6.78. The van der Waals surface area contributed by atoms with Gasteiger partial charge < -0.3 is 9.64 Å². The maximum atomic E-state index is 13.8. The van der Waals surface area contributed by atoms with Crippen molar-refractivity contribution in [3.05, 3.63) is 95.1 Å². The van der Waals surface area contributed by atoms with Gasteiger partial charge in [-0.15, -0.1) is 0 Å². The second-order valence-electron chi connectivity index (χ2n) is 11.1. The zero-order valence-corrected chi connectivity index (χ0v) is 21.1.